The summed E-state index contributed by atoms with van der Waals surface area (Å²) in [4.78, 5) is 164. The molecule has 1 rings (SSSR count). The van der Waals surface area contributed by atoms with Crippen LogP contribution in [0.4, 0.5) is 13.2 Å². The minimum Gasteiger partial charge on any atom is -0.390 e. The van der Waals surface area contributed by atoms with Gasteiger partial charge in [0.1, 0.15) is 42.2 Å². The first-order valence-electron chi connectivity index (χ1n) is 34.1. The molecule has 0 aromatic carbocycles. The van der Waals surface area contributed by atoms with Gasteiger partial charge >= 0.3 is 6.18 Å². The van der Waals surface area contributed by atoms with E-state index in [0.717, 1.165) is 14.7 Å². The maximum absolute atomic E-state index is 15.7. The molecule has 1 saturated heterocycles. The summed E-state index contributed by atoms with van der Waals surface area (Å²) in [5, 5.41) is 26.9. The number of alkyl halides is 3. The van der Waals surface area contributed by atoms with Crippen LogP contribution in [0.5, 0.6) is 0 Å². The van der Waals surface area contributed by atoms with Crippen LogP contribution in [-0.4, -0.2) is 252 Å². The number of halogens is 3. The number of likely N-dealkylation sites (N-methyl/N-ethyl adjacent to an activating group) is 7. The quantitative estimate of drug-likeness (QED) is 0.0352. The summed E-state index contributed by atoms with van der Waals surface area (Å²) < 4.78 is 43.1. The Hall–Kier alpha value is -5.48. The van der Waals surface area contributed by atoms with Crippen LogP contribution in [0.1, 0.15) is 182 Å². The number of carbonyl (C=O) groups is 11. The Labute approximate surface area is 565 Å². The van der Waals surface area contributed by atoms with Crippen molar-refractivity contribution in [3.05, 3.63) is 0 Å². The monoisotopic (exact) mass is 1360 g/mol. The molecule has 548 valence electrons. The summed E-state index contributed by atoms with van der Waals surface area (Å²) in [7, 11) is 9.92. The zero-order chi connectivity index (χ0) is 73.7. The fourth-order valence-electron chi connectivity index (χ4n) is 12.9. The number of amides is 7. The summed E-state index contributed by atoms with van der Waals surface area (Å²) in [5.74, 6) is -7.46. The fraction of sp³-hybridized carbons (Fsp3) is 0.838. The van der Waals surface area contributed by atoms with E-state index >= 15 is 14.4 Å². The van der Waals surface area contributed by atoms with E-state index in [-0.39, 0.29) is 81.2 Å². The van der Waals surface area contributed by atoms with E-state index in [1.807, 2.05) is 55.4 Å². The molecule has 0 aromatic heterocycles. The van der Waals surface area contributed by atoms with Gasteiger partial charge in [0.25, 0.3) is 0 Å². The van der Waals surface area contributed by atoms with Gasteiger partial charge in [0.15, 0.2) is 30.2 Å². The molecule has 7 amide bonds. The Morgan fingerprint density at radius 2 is 1.18 bits per heavy atom. The number of aliphatic hydroxyl groups excluding tert-OH is 1. The number of likely N-dealkylation sites (tertiary alicyclic amines) is 1. The highest BCUT2D eigenvalue weighted by Crippen LogP contribution is 2.35. The minimum absolute atomic E-state index is 0.00257. The number of carbonyl (C=O) groups excluding carboxylic acids is 11. The number of hydrogen-bond donors (Lipinski definition) is 6. The molecule has 14 unspecified atom stereocenters. The second kappa shape index (κ2) is 38.6. The van der Waals surface area contributed by atoms with Gasteiger partial charge in [-0.3, -0.25) is 68.4 Å². The lowest BCUT2D eigenvalue weighted by molar-refractivity contribution is -0.191. The Morgan fingerprint density at radius 1 is 0.611 bits per heavy atom. The Morgan fingerprint density at radius 3 is 1.63 bits per heavy atom. The number of aldehydes is 4. The van der Waals surface area contributed by atoms with Crippen LogP contribution >= 0.6 is 0 Å². The molecule has 95 heavy (non-hydrogen) atoms. The fourth-order valence-corrected chi connectivity index (χ4v) is 12.9. The molecule has 6 N–H and O–H groups in total. The highest BCUT2D eigenvalue weighted by atomic mass is 19.4. The van der Waals surface area contributed by atoms with Crippen LogP contribution < -0.4 is 26.6 Å². The van der Waals surface area contributed by atoms with Crippen molar-refractivity contribution in [3.63, 3.8) is 0 Å². The number of nitrogens with zero attached hydrogens (tertiary/aromatic N) is 7. The summed E-state index contributed by atoms with van der Waals surface area (Å²) in [5.41, 5.74) is -5.29. The normalized spacial score (nSPS) is 19.2. The average molecular weight is 1360 g/mol. The van der Waals surface area contributed by atoms with Gasteiger partial charge in [0, 0.05) is 35.2 Å². The first-order valence-corrected chi connectivity index (χ1v) is 34.1. The second-order valence-corrected chi connectivity index (χ2v) is 29.3. The van der Waals surface area contributed by atoms with Gasteiger partial charge < -0.3 is 50.4 Å². The number of aliphatic hydroxyl groups is 1. The maximum Gasteiger partial charge on any atom is 0.404 e. The lowest BCUT2D eigenvalue weighted by Crippen LogP contribution is -2.70. The van der Waals surface area contributed by atoms with Gasteiger partial charge in [-0.1, -0.05) is 103 Å². The van der Waals surface area contributed by atoms with Crippen LogP contribution in [0, 0.1) is 41.4 Å². The van der Waals surface area contributed by atoms with Crippen LogP contribution in [0.2, 0.25) is 0 Å². The van der Waals surface area contributed by atoms with Crippen LogP contribution in [0.25, 0.3) is 0 Å². The molecule has 0 aliphatic carbocycles. The third-order valence-electron chi connectivity index (χ3n) is 19.0. The van der Waals surface area contributed by atoms with Gasteiger partial charge in [0.2, 0.25) is 41.4 Å². The Kier molecular flexibility index (Phi) is 35.6. The van der Waals surface area contributed by atoms with E-state index in [2.05, 4.69) is 26.6 Å². The summed E-state index contributed by atoms with van der Waals surface area (Å²) in [6.45, 7) is 29.4. The number of hydrogen-bond acceptors (Lipinski definition) is 17. The third kappa shape index (κ3) is 23.6. The lowest BCUT2D eigenvalue weighted by atomic mass is 9.90. The molecule has 27 heteroatoms. The number of nitrogens with one attached hydrogen (secondary N) is 5. The summed E-state index contributed by atoms with van der Waals surface area (Å²) in [6.07, 6.45) is -2.38. The maximum atomic E-state index is 15.7. The molecule has 0 radical (unpaired) electrons. The van der Waals surface area contributed by atoms with E-state index in [4.69, 9.17) is 0 Å². The van der Waals surface area contributed by atoms with Crippen molar-refractivity contribution in [2.75, 3.05) is 62.4 Å². The van der Waals surface area contributed by atoms with Gasteiger partial charge in [-0.2, -0.15) is 13.2 Å². The topological polar surface area (TPSA) is 291 Å². The highest BCUT2D eigenvalue weighted by molar-refractivity contribution is 5.97. The number of piperidine rings is 1. The molecule has 1 aliphatic heterocycles. The SMILES string of the molecule is CCC(NC(=O)C(C(O)C(C)CCN1CCCCC1C(F)(F)F)N(C)C(=O)C(C(C)C)N(C)C(=O)C(CCC(C)C)N(C)C(C=O)(CC(C)C)N(C)C(=O)C(C)NC(C)(C=O)NC(=O)C(CC(C)C)NC)C(=O)N(C)C(C)C(=O)N(C)C(C=O)(CC(C)C)NC(C=O)C(C)C. The number of rotatable bonds is 42. The molecule has 0 saturated carbocycles. The van der Waals surface area contributed by atoms with Crippen molar-refractivity contribution in [2.24, 2.45) is 41.4 Å². The van der Waals surface area contributed by atoms with Gasteiger partial charge in [0.05, 0.1) is 30.3 Å². The summed E-state index contributed by atoms with van der Waals surface area (Å²) in [6, 6.07) is -11.6. The molecule has 1 fully saturated rings. The zero-order valence-corrected chi connectivity index (χ0v) is 61.8. The summed E-state index contributed by atoms with van der Waals surface area (Å²) >= 11 is 0. The molecule has 0 spiro atoms. The Bertz CT molecular complexity index is 2530. The zero-order valence-electron chi connectivity index (χ0n) is 61.8. The second-order valence-electron chi connectivity index (χ2n) is 29.3. The van der Waals surface area contributed by atoms with Crippen molar-refractivity contribution in [3.8, 4) is 0 Å². The molecule has 0 aromatic rings. The largest absolute Gasteiger partial charge is 0.404 e. The Balaban J connectivity index is 4.11. The van der Waals surface area contributed by atoms with Crippen molar-refractivity contribution in [1.82, 2.24) is 60.9 Å². The molecule has 24 nitrogen and oxygen atoms in total. The van der Waals surface area contributed by atoms with Crippen LogP contribution in [-0.2, 0) is 52.7 Å². The minimum atomic E-state index is -4.53. The van der Waals surface area contributed by atoms with Gasteiger partial charge in [-0.15, -0.1) is 0 Å². The van der Waals surface area contributed by atoms with Crippen molar-refractivity contribution in [1.29, 1.82) is 0 Å². The van der Waals surface area contributed by atoms with Gasteiger partial charge in [-0.05, 0) is 147 Å². The van der Waals surface area contributed by atoms with Crippen LogP contribution in [0.15, 0.2) is 0 Å². The van der Waals surface area contributed by atoms with Crippen LogP contribution in [0.3, 0.4) is 0 Å². The van der Waals surface area contributed by atoms with Crippen molar-refractivity contribution < 1.29 is 71.0 Å². The molecule has 0 bridgehead atoms. The van der Waals surface area contributed by atoms with E-state index in [1.54, 1.807) is 41.7 Å². The first-order chi connectivity index (χ1) is 43.8. The average Bonchev–Trinajstić information content (AvgIpc) is 0.776. The predicted octanol–water partition coefficient (Wildman–Crippen LogP) is 4.83. The predicted molar refractivity (Wildman–Crippen MR) is 360 cm³/mol. The van der Waals surface area contributed by atoms with E-state index in [0.29, 0.717) is 50.8 Å². The molecular weight excluding hydrogens is 1230 g/mol. The lowest BCUT2D eigenvalue weighted by Gasteiger charge is -2.49. The highest BCUT2D eigenvalue weighted by Gasteiger charge is 2.51. The standard InChI is InChI=1S/C68H123F3N12O12/c1-25-50(62(93)77(19)49(16)61(92)81(23)66(39-86,35-43(6)7)75-52(37-84)45(10)11)73-59(90)56(57(88)47(14)31-33-83-32-27-26-28-54(83)68(69,70)71)79(21)64(95)55(46(12)13)78(20)63(94)53(30-29-41(2)3)80(22)67(40-87,36-44(8)9)82(24)60(91)48(15)74-65(17,38-85)76-58(89)51(72-18)34-42(4)5/h37-57,72,74-75,88H,25-36H2,1-24H3,(H,73,90)(H,76,89). The molecule has 14 atom stereocenters. The molecule has 1 heterocycles. The van der Waals surface area contributed by atoms with Crippen molar-refractivity contribution >= 4 is 66.5 Å². The van der Waals surface area contributed by atoms with Crippen molar-refractivity contribution in [2.45, 2.75) is 266 Å². The van der Waals surface area contributed by atoms with E-state index in [9.17, 15) is 56.6 Å². The third-order valence-corrected chi connectivity index (χ3v) is 19.0. The first kappa shape index (κ1) is 87.5. The van der Waals surface area contributed by atoms with E-state index < -0.39 is 137 Å². The molecular formula is C68H123F3N12O12. The van der Waals surface area contributed by atoms with E-state index in [1.165, 1.54) is 89.6 Å². The molecule has 1 aliphatic rings. The smallest absolute Gasteiger partial charge is 0.390 e. The van der Waals surface area contributed by atoms with Gasteiger partial charge in [-0.25, -0.2) is 0 Å².